The number of nitrogens with one attached hydrogen (secondary N) is 1. The highest BCUT2D eigenvalue weighted by molar-refractivity contribution is 5.28. The minimum Gasteiger partial charge on any atom is -0.314 e. The first kappa shape index (κ1) is 14.1. The third-order valence-electron chi connectivity index (χ3n) is 5.15. The molecule has 1 aliphatic carbocycles. The van der Waals surface area contributed by atoms with E-state index in [0.29, 0.717) is 0 Å². The summed E-state index contributed by atoms with van der Waals surface area (Å²) in [5.41, 5.74) is 3.11. The largest absolute Gasteiger partial charge is 0.314 e. The van der Waals surface area contributed by atoms with Crippen molar-refractivity contribution >= 4 is 0 Å². The maximum Gasteiger partial charge on any atom is 0.0236 e. The molecule has 1 aromatic rings. The van der Waals surface area contributed by atoms with Crippen LogP contribution in [0.25, 0.3) is 0 Å². The Labute approximate surface area is 123 Å². The average molecular weight is 272 g/mol. The topological polar surface area (TPSA) is 15.3 Å². The van der Waals surface area contributed by atoms with Crippen LogP contribution in [0.4, 0.5) is 0 Å². The lowest BCUT2D eigenvalue weighted by Crippen LogP contribution is -2.36. The Kier molecular flexibility index (Phi) is 4.74. The number of nitrogens with zero attached hydrogens (tertiary/aromatic N) is 1. The zero-order valence-corrected chi connectivity index (χ0v) is 12.8. The molecule has 1 N–H and O–H groups in total. The Morgan fingerprint density at radius 3 is 2.90 bits per heavy atom. The van der Waals surface area contributed by atoms with Crippen molar-refractivity contribution in [3.8, 4) is 0 Å². The van der Waals surface area contributed by atoms with Crippen LogP contribution in [-0.4, -0.2) is 30.6 Å². The Hall–Kier alpha value is -0.860. The molecule has 0 bridgehead atoms. The zero-order chi connectivity index (χ0) is 13.8. The van der Waals surface area contributed by atoms with Crippen LogP contribution in [0, 0.1) is 5.92 Å². The van der Waals surface area contributed by atoms with Gasteiger partial charge in [0, 0.05) is 19.1 Å². The fourth-order valence-electron chi connectivity index (χ4n) is 4.01. The van der Waals surface area contributed by atoms with Gasteiger partial charge in [-0.05, 0) is 55.8 Å². The summed E-state index contributed by atoms with van der Waals surface area (Å²) < 4.78 is 0. The third-order valence-corrected chi connectivity index (χ3v) is 5.15. The Morgan fingerprint density at radius 2 is 2.05 bits per heavy atom. The van der Waals surface area contributed by atoms with E-state index < -0.39 is 0 Å². The van der Waals surface area contributed by atoms with Crippen LogP contribution in [0.2, 0.25) is 0 Å². The summed E-state index contributed by atoms with van der Waals surface area (Å²) in [5, 5.41) is 3.68. The van der Waals surface area contributed by atoms with Crippen molar-refractivity contribution in [3.05, 3.63) is 35.4 Å². The van der Waals surface area contributed by atoms with Gasteiger partial charge >= 0.3 is 0 Å². The molecule has 20 heavy (non-hydrogen) atoms. The van der Waals surface area contributed by atoms with Crippen molar-refractivity contribution in [1.29, 1.82) is 0 Å². The number of hydrogen-bond donors (Lipinski definition) is 1. The van der Waals surface area contributed by atoms with Crippen molar-refractivity contribution < 1.29 is 0 Å². The summed E-state index contributed by atoms with van der Waals surface area (Å²) in [6.45, 7) is 7.04. The van der Waals surface area contributed by atoms with Crippen LogP contribution in [0.15, 0.2) is 24.3 Å². The van der Waals surface area contributed by atoms with Crippen LogP contribution in [0.5, 0.6) is 0 Å². The molecule has 1 aromatic carbocycles. The maximum absolute atomic E-state index is 3.68. The number of rotatable bonds is 5. The summed E-state index contributed by atoms with van der Waals surface area (Å²) in [6, 6.07) is 9.75. The molecule has 2 unspecified atom stereocenters. The van der Waals surface area contributed by atoms with Crippen molar-refractivity contribution in [2.24, 2.45) is 5.92 Å². The van der Waals surface area contributed by atoms with E-state index in [1.807, 2.05) is 0 Å². The predicted molar refractivity (Wildman–Crippen MR) is 84.8 cm³/mol. The fourth-order valence-corrected chi connectivity index (χ4v) is 4.01. The number of fused-ring (bicyclic) bond motifs is 1. The summed E-state index contributed by atoms with van der Waals surface area (Å²) in [7, 11) is 0. The summed E-state index contributed by atoms with van der Waals surface area (Å²) in [6.07, 6.45) is 6.85. The van der Waals surface area contributed by atoms with E-state index in [2.05, 4.69) is 41.4 Å². The SMILES string of the molecule is CCNC1CCCC1CCN1CCc2ccccc2C1. The van der Waals surface area contributed by atoms with Crippen LogP contribution in [0.3, 0.4) is 0 Å². The van der Waals surface area contributed by atoms with Crippen molar-refractivity contribution in [3.63, 3.8) is 0 Å². The number of hydrogen-bond acceptors (Lipinski definition) is 2. The second-order valence-corrected chi connectivity index (χ2v) is 6.44. The lowest BCUT2D eigenvalue weighted by atomic mass is 9.96. The van der Waals surface area contributed by atoms with Gasteiger partial charge in [0.15, 0.2) is 0 Å². The molecular weight excluding hydrogens is 244 g/mol. The van der Waals surface area contributed by atoms with E-state index >= 15 is 0 Å². The number of benzene rings is 1. The van der Waals surface area contributed by atoms with E-state index in [4.69, 9.17) is 0 Å². The predicted octanol–water partition coefficient (Wildman–Crippen LogP) is 3.21. The summed E-state index contributed by atoms with van der Waals surface area (Å²) in [4.78, 5) is 2.66. The molecule has 2 atom stereocenters. The zero-order valence-electron chi connectivity index (χ0n) is 12.8. The van der Waals surface area contributed by atoms with Crippen LogP contribution in [-0.2, 0) is 13.0 Å². The van der Waals surface area contributed by atoms with Crippen molar-refractivity contribution in [2.75, 3.05) is 19.6 Å². The van der Waals surface area contributed by atoms with Gasteiger partial charge < -0.3 is 5.32 Å². The highest BCUT2D eigenvalue weighted by Gasteiger charge is 2.27. The van der Waals surface area contributed by atoms with Gasteiger partial charge in [-0.3, -0.25) is 4.90 Å². The molecule has 3 rings (SSSR count). The lowest BCUT2D eigenvalue weighted by molar-refractivity contribution is 0.225. The van der Waals surface area contributed by atoms with Crippen LogP contribution >= 0.6 is 0 Å². The molecule has 0 amide bonds. The lowest BCUT2D eigenvalue weighted by Gasteiger charge is -2.30. The quantitative estimate of drug-likeness (QED) is 0.885. The molecule has 1 saturated carbocycles. The second-order valence-electron chi connectivity index (χ2n) is 6.44. The standard InChI is InChI=1S/C18H28N2/c1-2-19-18-9-5-8-16(18)11-13-20-12-10-15-6-3-4-7-17(15)14-20/h3-4,6-7,16,18-19H,2,5,8-14H2,1H3. The van der Waals surface area contributed by atoms with Crippen molar-refractivity contribution in [1.82, 2.24) is 10.2 Å². The van der Waals surface area contributed by atoms with Gasteiger partial charge in [-0.15, -0.1) is 0 Å². The molecule has 1 heterocycles. The molecule has 1 aliphatic heterocycles. The Bertz CT molecular complexity index is 429. The summed E-state index contributed by atoms with van der Waals surface area (Å²) in [5.74, 6) is 0.909. The molecule has 0 radical (unpaired) electrons. The molecule has 2 aliphatic rings. The van der Waals surface area contributed by atoms with Crippen molar-refractivity contribution in [2.45, 2.75) is 51.6 Å². The normalized spacial score (nSPS) is 26.6. The van der Waals surface area contributed by atoms with E-state index in [-0.39, 0.29) is 0 Å². The van der Waals surface area contributed by atoms with Gasteiger partial charge in [0.1, 0.15) is 0 Å². The monoisotopic (exact) mass is 272 g/mol. The van der Waals surface area contributed by atoms with Crippen LogP contribution < -0.4 is 5.32 Å². The smallest absolute Gasteiger partial charge is 0.0236 e. The molecule has 0 saturated heterocycles. The van der Waals surface area contributed by atoms with Gasteiger partial charge in [-0.25, -0.2) is 0 Å². The Morgan fingerprint density at radius 1 is 1.20 bits per heavy atom. The molecule has 110 valence electrons. The average Bonchev–Trinajstić information content (AvgIpc) is 2.93. The van der Waals surface area contributed by atoms with Gasteiger partial charge in [0.25, 0.3) is 0 Å². The molecule has 2 nitrogen and oxygen atoms in total. The fraction of sp³-hybridized carbons (Fsp3) is 0.667. The van der Waals surface area contributed by atoms with E-state index in [1.165, 1.54) is 45.2 Å². The molecule has 1 fully saturated rings. The first-order chi connectivity index (χ1) is 9.86. The minimum atomic E-state index is 0.789. The summed E-state index contributed by atoms with van der Waals surface area (Å²) >= 11 is 0. The molecule has 0 aromatic heterocycles. The van der Waals surface area contributed by atoms with E-state index in [1.54, 1.807) is 11.1 Å². The Balaban J connectivity index is 1.50. The third kappa shape index (κ3) is 3.24. The molecule has 2 heteroatoms. The maximum atomic E-state index is 3.68. The first-order valence-electron chi connectivity index (χ1n) is 8.39. The second kappa shape index (κ2) is 6.73. The van der Waals surface area contributed by atoms with Gasteiger partial charge in [-0.1, -0.05) is 37.6 Å². The van der Waals surface area contributed by atoms with E-state index in [9.17, 15) is 0 Å². The van der Waals surface area contributed by atoms with Crippen LogP contribution in [0.1, 0.15) is 43.7 Å². The van der Waals surface area contributed by atoms with Gasteiger partial charge in [0.2, 0.25) is 0 Å². The minimum absolute atomic E-state index is 0.789. The van der Waals surface area contributed by atoms with Gasteiger partial charge in [-0.2, -0.15) is 0 Å². The van der Waals surface area contributed by atoms with Gasteiger partial charge in [0.05, 0.1) is 0 Å². The molecular formula is C18H28N2. The molecule has 0 spiro atoms. The highest BCUT2D eigenvalue weighted by atomic mass is 15.1. The first-order valence-corrected chi connectivity index (χ1v) is 8.39. The highest BCUT2D eigenvalue weighted by Crippen LogP contribution is 2.29. The van der Waals surface area contributed by atoms with E-state index in [0.717, 1.165) is 25.0 Å².